The summed E-state index contributed by atoms with van der Waals surface area (Å²) in [6.07, 6.45) is 6.04. The molecule has 1 aromatic rings. The van der Waals surface area contributed by atoms with Gasteiger partial charge in [-0.05, 0) is 18.9 Å². The van der Waals surface area contributed by atoms with Crippen LogP contribution in [0.2, 0.25) is 0 Å². The van der Waals surface area contributed by atoms with Gasteiger partial charge in [0.2, 0.25) is 5.91 Å². The Hall–Kier alpha value is -1.51. The van der Waals surface area contributed by atoms with E-state index in [9.17, 15) is 4.79 Å². The van der Waals surface area contributed by atoms with Crippen molar-refractivity contribution in [3.05, 3.63) is 29.8 Å². The van der Waals surface area contributed by atoms with Gasteiger partial charge in [-0.25, -0.2) is 0 Å². The molecule has 0 saturated heterocycles. The van der Waals surface area contributed by atoms with Crippen LogP contribution in [-0.2, 0) is 4.79 Å². The second-order valence-corrected chi connectivity index (χ2v) is 5.24. The number of ether oxygens (including phenoxy) is 1. The number of fused-ring (bicyclic) bond motifs is 1. The van der Waals surface area contributed by atoms with E-state index >= 15 is 0 Å². The van der Waals surface area contributed by atoms with Crippen molar-refractivity contribution >= 4 is 5.91 Å². The summed E-state index contributed by atoms with van der Waals surface area (Å²) in [6.45, 7) is 0.484. The predicted molar refractivity (Wildman–Crippen MR) is 69.7 cm³/mol. The van der Waals surface area contributed by atoms with E-state index in [0.29, 0.717) is 12.6 Å². The lowest BCUT2D eigenvalue weighted by Crippen LogP contribution is -2.39. The Kier molecular flexibility index (Phi) is 3.22. The van der Waals surface area contributed by atoms with Crippen LogP contribution in [0.1, 0.15) is 43.6 Å². The summed E-state index contributed by atoms with van der Waals surface area (Å²) in [5.41, 5.74) is 1.03. The van der Waals surface area contributed by atoms with Crippen LogP contribution in [0.25, 0.3) is 0 Å². The highest BCUT2D eigenvalue weighted by molar-refractivity contribution is 5.85. The van der Waals surface area contributed by atoms with E-state index < -0.39 is 0 Å². The first-order valence-electron chi connectivity index (χ1n) is 6.87. The van der Waals surface area contributed by atoms with E-state index in [0.717, 1.165) is 24.2 Å². The monoisotopic (exact) mass is 245 g/mol. The van der Waals surface area contributed by atoms with Crippen molar-refractivity contribution < 1.29 is 9.53 Å². The second kappa shape index (κ2) is 5.01. The zero-order valence-corrected chi connectivity index (χ0v) is 10.5. The minimum absolute atomic E-state index is 0.122. The first-order chi connectivity index (χ1) is 8.84. The number of rotatable bonds is 2. The minimum atomic E-state index is -0.122. The van der Waals surface area contributed by atoms with Crippen molar-refractivity contribution in [2.75, 3.05) is 6.61 Å². The molecule has 3 nitrogen and oxygen atoms in total. The summed E-state index contributed by atoms with van der Waals surface area (Å²) >= 11 is 0. The molecule has 1 unspecified atom stereocenters. The Labute approximate surface area is 108 Å². The average molecular weight is 245 g/mol. The molecule has 0 bridgehead atoms. The number of benzene rings is 1. The van der Waals surface area contributed by atoms with Gasteiger partial charge in [0.25, 0.3) is 0 Å². The maximum Gasteiger partial charge on any atom is 0.231 e. The van der Waals surface area contributed by atoms with Gasteiger partial charge < -0.3 is 10.1 Å². The molecule has 1 atom stereocenters. The number of amides is 1. The van der Waals surface area contributed by atoms with Crippen LogP contribution in [0.4, 0.5) is 0 Å². The quantitative estimate of drug-likeness (QED) is 0.869. The number of para-hydroxylation sites is 1. The van der Waals surface area contributed by atoms with Gasteiger partial charge >= 0.3 is 0 Å². The number of nitrogens with one attached hydrogen (secondary N) is 1. The largest absolute Gasteiger partial charge is 0.492 e. The summed E-state index contributed by atoms with van der Waals surface area (Å²) in [6, 6.07) is 8.21. The van der Waals surface area contributed by atoms with Crippen LogP contribution in [0.15, 0.2) is 24.3 Å². The lowest BCUT2D eigenvalue weighted by Gasteiger charge is -2.24. The van der Waals surface area contributed by atoms with Crippen molar-refractivity contribution in [3.63, 3.8) is 0 Å². The predicted octanol–water partition coefficient (Wildman–Crippen LogP) is 2.61. The number of carbonyl (C=O) groups excluding carboxylic acids is 1. The minimum Gasteiger partial charge on any atom is -0.492 e. The van der Waals surface area contributed by atoms with Crippen molar-refractivity contribution in [3.8, 4) is 5.75 Å². The van der Waals surface area contributed by atoms with Crippen molar-refractivity contribution in [1.29, 1.82) is 0 Å². The third kappa shape index (κ3) is 2.22. The molecule has 96 valence electrons. The zero-order valence-electron chi connectivity index (χ0n) is 10.5. The first-order valence-corrected chi connectivity index (χ1v) is 6.87. The second-order valence-electron chi connectivity index (χ2n) is 5.24. The number of hydrogen-bond donors (Lipinski definition) is 1. The van der Waals surface area contributed by atoms with Gasteiger partial charge in [-0.1, -0.05) is 37.5 Å². The standard InChI is InChI=1S/C15H19NO2/c17-15(16-11-6-2-1-3-7-11)13-10-18-14-9-5-4-8-12(13)14/h4-5,8-9,11,13H,1-3,6-7,10H2,(H,16,17). The summed E-state index contributed by atoms with van der Waals surface area (Å²) in [5, 5.41) is 3.18. The molecule has 18 heavy (non-hydrogen) atoms. The number of hydrogen-bond acceptors (Lipinski definition) is 2. The zero-order chi connectivity index (χ0) is 12.4. The Morgan fingerprint density at radius 2 is 1.94 bits per heavy atom. The van der Waals surface area contributed by atoms with Gasteiger partial charge in [0.05, 0.1) is 0 Å². The highest BCUT2D eigenvalue weighted by atomic mass is 16.5. The van der Waals surface area contributed by atoms with Gasteiger partial charge in [-0.2, -0.15) is 0 Å². The fourth-order valence-electron chi connectivity index (χ4n) is 2.93. The summed E-state index contributed by atoms with van der Waals surface area (Å²) in [5.74, 6) is 0.872. The van der Waals surface area contributed by atoms with Crippen LogP contribution in [0.3, 0.4) is 0 Å². The molecule has 1 heterocycles. The maximum absolute atomic E-state index is 12.3. The van der Waals surface area contributed by atoms with Gasteiger partial charge in [-0.3, -0.25) is 4.79 Å². The highest BCUT2D eigenvalue weighted by Gasteiger charge is 2.31. The lowest BCUT2D eigenvalue weighted by molar-refractivity contribution is -0.123. The van der Waals surface area contributed by atoms with Crippen LogP contribution in [0.5, 0.6) is 5.75 Å². The van der Waals surface area contributed by atoms with Crippen molar-refractivity contribution in [2.45, 2.75) is 44.1 Å². The average Bonchev–Trinajstić information content (AvgIpc) is 2.84. The Balaban J connectivity index is 1.67. The van der Waals surface area contributed by atoms with Crippen LogP contribution < -0.4 is 10.1 Å². The summed E-state index contributed by atoms with van der Waals surface area (Å²) in [4.78, 5) is 12.3. The third-order valence-electron chi connectivity index (χ3n) is 3.97. The Morgan fingerprint density at radius 3 is 2.78 bits per heavy atom. The van der Waals surface area contributed by atoms with E-state index in [4.69, 9.17) is 4.74 Å². The Morgan fingerprint density at radius 1 is 1.17 bits per heavy atom. The lowest BCUT2D eigenvalue weighted by atomic mass is 9.94. The Bertz CT molecular complexity index is 438. The highest BCUT2D eigenvalue weighted by Crippen LogP contribution is 2.33. The topological polar surface area (TPSA) is 38.3 Å². The molecule has 0 spiro atoms. The van der Waals surface area contributed by atoms with E-state index in [1.165, 1.54) is 19.3 Å². The van der Waals surface area contributed by atoms with Crippen LogP contribution in [0, 0.1) is 0 Å². The summed E-state index contributed by atoms with van der Waals surface area (Å²) in [7, 11) is 0. The molecule has 1 aliphatic carbocycles. The molecule has 1 amide bonds. The smallest absolute Gasteiger partial charge is 0.231 e. The molecular formula is C15H19NO2. The molecule has 1 fully saturated rings. The summed E-state index contributed by atoms with van der Waals surface area (Å²) < 4.78 is 5.56. The van der Waals surface area contributed by atoms with E-state index in [1.54, 1.807) is 0 Å². The fraction of sp³-hybridized carbons (Fsp3) is 0.533. The van der Waals surface area contributed by atoms with E-state index in [-0.39, 0.29) is 11.8 Å². The molecule has 3 heteroatoms. The number of carbonyl (C=O) groups is 1. The molecule has 3 rings (SSSR count). The normalized spacial score (nSPS) is 23.2. The van der Waals surface area contributed by atoms with Gasteiger partial charge in [0, 0.05) is 11.6 Å². The van der Waals surface area contributed by atoms with Gasteiger partial charge in [0.15, 0.2) is 0 Å². The van der Waals surface area contributed by atoms with E-state index in [2.05, 4.69) is 5.32 Å². The molecule has 0 radical (unpaired) electrons. The van der Waals surface area contributed by atoms with Crippen molar-refractivity contribution in [1.82, 2.24) is 5.32 Å². The molecule has 1 aromatic carbocycles. The molecule has 1 N–H and O–H groups in total. The van der Waals surface area contributed by atoms with Crippen LogP contribution in [-0.4, -0.2) is 18.6 Å². The molecule has 1 aliphatic heterocycles. The molecular weight excluding hydrogens is 226 g/mol. The molecule has 0 aromatic heterocycles. The van der Waals surface area contributed by atoms with Crippen molar-refractivity contribution in [2.24, 2.45) is 0 Å². The molecule has 2 aliphatic rings. The van der Waals surface area contributed by atoms with Crippen LogP contribution >= 0.6 is 0 Å². The fourth-order valence-corrected chi connectivity index (χ4v) is 2.93. The van der Waals surface area contributed by atoms with Gasteiger partial charge in [-0.15, -0.1) is 0 Å². The molecule has 1 saturated carbocycles. The van der Waals surface area contributed by atoms with E-state index in [1.807, 2.05) is 24.3 Å². The third-order valence-corrected chi connectivity index (χ3v) is 3.97. The maximum atomic E-state index is 12.3. The van der Waals surface area contributed by atoms with Gasteiger partial charge in [0.1, 0.15) is 18.3 Å². The first kappa shape index (κ1) is 11.6. The SMILES string of the molecule is O=C(NC1CCCCC1)C1COc2ccccc21.